The second-order valence-corrected chi connectivity index (χ2v) is 6.71. The van der Waals surface area contributed by atoms with Gasteiger partial charge in [0.1, 0.15) is 0 Å². The molecule has 1 atom stereocenters. The molecule has 6 heteroatoms. The number of aliphatic carboxylic acids is 1. The Bertz CT molecular complexity index is 862. The van der Waals surface area contributed by atoms with Crippen molar-refractivity contribution in [2.24, 2.45) is 0 Å². The van der Waals surface area contributed by atoms with E-state index in [0.717, 1.165) is 0 Å². The maximum absolute atomic E-state index is 12.7. The number of carboxylic acid groups (broad SMARTS) is 1. The number of ketones is 1. The van der Waals surface area contributed by atoms with Gasteiger partial charge in [0.15, 0.2) is 5.78 Å². The predicted molar refractivity (Wildman–Crippen MR) is 94.6 cm³/mol. The van der Waals surface area contributed by atoms with Crippen molar-refractivity contribution in [2.45, 2.75) is 12.5 Å². The van der Waals surface area contributed by atoms with Gasteiger partial charge in [-0.25, -0.2) is 0 Å². The van der Waals surface area contributed by atoms with Crippen LogP contribution in [0.15, 0.2) is 42.5 Å². The monoisotopic (exact) mass is 354 g/mol. The molecule has 5 nitrogen and oxygen atoms in total. The van der Waals surface area contributed by atoms with E-state index in [2.05, 4.69) is 5.32 Å². The Balaban J connectivity index is 1.97. The van der Waals surface area contributed by atoms with Crippen molar-refractivity contribution >= 4 is 29.4 Å². The average molecular weight is 354 g/mol. The van der Waals surface area contributed by atoms with E-state index in [1.807, 2.05) is 6.26 Å². The number of fused-ring (bicyclic) bond motifs is 3. The Kier molecular flexibility index (Phi) is 4.90. The summed E-state index contributed by atoms with van der Waals surface area (Å²) in [5.41, 5.74) is 2.57. The SMILES string of the molecule is CSCC[C@H](NC(=O)c1cccc2c1-c1ccccc1C2=O)C(=O)[O-]. The van der Waals surface area contributed by atoms with Gasteiger partial charge in [-0.2, -0.15) is 11.8 Å². The third-order valence-corrected chi connectivity index (χ3v) is 4.84. The number of hydrogen-bond donors (Lipinski definition) is 1. The summed E-state index contributed by atoms with van der Waals surface area (Å²) >= 11 is 1.49. The zero-order valence-electron chi connectivity index (χ0n) is 13.6. The third kappa shape index (κ3) is 3.17. The molecule has 0 unspecified atom stereocenters. The minimum atomic E-state index is -1.31. The highest BCUT2D eigenvalue weighted by molar-refractivity contribution is 7.98. The normalized spacial score (nSPS) is 13.1. The van der Waals surface area contributed by atoms with Gasteiger partial charge in [0.25, 0.3) is 5.91 Å². The summed E-state index contributed by atoms with van der Waals surface area (Å²) in [7, 11) is 0. The highest BCUT2D eigenvalue weighted by Crippen LogP contribution is 2.38. The first-order chi connectivity index (χ1) is 12.0. The summed E-state index contributed by atoms with van der Waals surface area (Å²) < 4.78 is 0. The molecular weight excluding hydrogens is 338 g/mol. The van der Waals surface area contributed by atoms with Crippen LogP contribution in [0, 0.1) is 0 Å². The minimum Gasteiger partial charge on any atom is -0.548 e. The van der Waals surface area contributed by atoms with Gasteiger partial charge < -0.3 is 15.2 Å². The van der Waals surface area contributed by atoms with Gasteiger partial charge in [0.2, 0.25) is 0 Å². The van der Waals surface area contributed by atoms with Gasteiger partial charge in [-0.3, -0.25) is 9.59 Å². The van der Waals surface area contributed by atoms with Crippen LogP contribution in [0.4, 0.5) is 0 Å². The third-order valence-electron chi connectivity index (χ3n) is 4.20. The van der Waals surface area contributed by atoms with E-state index in [1.165, 1.54) is 11.8 Å². The fourth-order valence-electron chi connectivity index (χ4n) is 2.99. The van der Waals surface area contributed by atoms with E-state index >= 15 is 0 Å². The van der Waals surface area contributed by atoms with Crippen LogP contribution in [0.1, 0.15) is 32.7 Å². The summed E-state index contributed by atoms with van der Waals surface area (Å²) in [5, 5.41) is 13.8. The first-order valence-corrected chi connectivity index (χ1v) is 9.21. The Morgan fingerprint density at radius 2 is 1.76 bits per heavy atom. The summed E-state index contributed by atoms with van der Waals surface area (Å²) in [6.45, 7) is 0. The fourth-order valence-corrected chi connectivity index (χ4v) is 3.46. The van der Waals surface area contributed by atoms with E-state index in [9.17, 15) is 19.5 Å². The molecule has 0 heterocycles. The topological polar surface area (TPSA) is 86.3 Å². The van der Waals surface area contributed by atoms with Crippen molar-refractivity contribution in [3.8, 4) is 11.1 Å². The molecule has 0 aromatic heterocycles. The maximum Gasteiger partial charge on any atom is 0.252 e. The molecule has 1 N–H and O–H groups in total. The Hall–Kier alpha value is -2.60. The molecule has 0 spiro atoms. The van der Waals surface area contributed by atoms with E-state index in [4.69, 9.17) is 0 Å². The maximum atomic E-state index is 12.7. The zero-order chi connectivity index (χ0) is 18.0. The molecule has 2 aromatic rings. The molecule has 128 valence electrons. The molecule has 1 amide bonds. The van der Waals surface area contributed by atoms with Crippen molar-refractivity contribution in [2.75, 3.05) is 12.0 Å². The average Bonchev–Trinajstić information content (AvgIpc) is 2.91. The standard InChI is InChI=1S/C19H17NO4S/c1-25-10-9-15(19(23)24)20-18(22)14-8-4-7-13-16(14)11-5-2-3-6-12(11)17(13)21/h2-8,15H,9-10H2,1H3,(H,20,22)(H,23,24)/p-1/t15-/m0/s1. The summed E-state index contributed by atoms with van der Waals surface area (Å²) in [4.78, 5) is 36.4. The van der Waals surface area contributed by atoms with Crippen LogP contribution in [0.3, 0.4) is 0 Å². The summed E-state index contributed by atoms with van der Waals surface area (Å²) in [6.07, 6.45) is 2.14. The lowest BCUT2D eigenvalue weighted by Gasteiger charge is -2.20. The number of carbonyl (C=O) groups is 3. The van der Waals surface area contributed by atoms with Gasteiger partial charge in [0, 0.05) is 22.3 Å². The molecule has 1 aliphatic rings. The van der Waals surface area contributed by atoms with Crippen LogP contribution in [-0.4, -0.2) is 35.7 Å². The van der Waals surface area contributed by atoms with Crippen molar-refractivity contribution < 1.29 is 19.5 Å². The van der Waals surface area contributed by atoms with Crippen LogP contribution < -0.4 is 10.4 Å². The van der Waals surface area contributed by atoms with Gasteiger partial charge in [-0.15, -0.1) is 0 Å². The van der Waals surface area contributed by atoms with Gasteiger partial charge >= 0.3 is 0 Å². The highest BCUT2D eigenvalue weighted by atomic mass is 32.2. The van der Waals surface area contributed by atoms with E-state index in [0.29, 0.717) is 33.6 Å². The molecule has 1 aliphatic carbocycles. The lowest BCUT2D eigenvalue weighted by atomic mass is 9.98. The highest BCUT2D eigenvalue weighted by Gasteiger charge is 2.30. The van der Waals surface area contributed by atoms with Crippen LogP contribution in [-0.2, 0) is 4.79 Å². The predicted octanol–water partition coefficient (Wildman–Crippen LogP) is 1.50. The molecule has 0 radical (unpaired) electrons. The van der Waals surface area contributed by atoms with E-state index < -0.39 is 17.9 Å². The molecule has 3 rings (SSSR count). The number of nitrogens with one attached hydrogen (secondary N) is 1. The molecule has 0 saturated heterocycles. The van der Waals surface area contributed by atoms with Crippen molar-refractivity contribution in [3.05, 3.63) is 59.2 Å². The fraction of sp³-hybridized carbons (Fsp3) is 0.211. The number of carboxylic acids is 1. The Morgan fingerprint density at radius 1 is 1.08 bits per heavy atom. The molecule has 0 bridgehead atoms. The Morgan fingerprint density at radius 3 is 2.44 bits per heavy atom. The zero-order valence-corrected chi connectivity index (χ0v) is 14.4. The number of thioether (sulfide) groups is 1. The van der Waals surface area contributed by atoms with Crippen molar-refractivity contribution in [1.29, 1.82) is 0 Å². The van der Waals surface area contributed by atoms with Crippen LogP contribution in [0.5, 0.6) is 0 Å². The first-order valence-electron chi connectivity index (χ1n) is 7.82. The van der Waals surface area contributed by atoms with Crippen LogP contribution in [0.2, 0.25) is 0 Å². The molecule has 0 aliphatic heterocycles. The van der Waals surface area contributed by atoms with E-state index in [-0.39, 0.29) is 12.2 Å². The smallest absolute Gasteiger partial charge is 0.252 e. The summed E-state index contributed by atoms with van der Waals surface area (Å²) in [5.74, 6) is -1.37. The summed E-state index contributed by atoms with van der Waals surface area (Å²) in [6, 6.07) is 10.9. The van der Waals surface area contributed by atoms with Gasteiger partial charge in [-0.1, -0.05) is 36.4 Å². The van der Waals surface area contributed by atoms with Gasteiger partial charge in [-0.05, 0) is 30.1 Å². The molecule has 0 saturated carbocycles. The number of rotatable bonds is 6. The Labute approximate surface area is 149 Å². The lowest BCUT2D eigenvalue weighted by Crippen LogP contribution is -2.48. The largest absolute Gasteiger partial charge is 0.548 e. The molecular formula is C19H16NO4S-. The number of hydrogen-bond acceptors (Lipinski definition) is 5. The second kappa shape index (κ2) is 7.11. The van der Waals surface area contributed by atoms with Crippen LogP contribution in [0.25, 0.3) is 11.1 Å². The minimum absolute atomic E-state index is 0.126. The lowest BCUT2D eigenvalue weighted by molar-refractivity contribution is -0.308. The van der Waals surface area contributed by atoms with Gasteiger partial charge in [0.05, 0.1) is 12.0 Å². The number of carbonyl (C=O) groups excluding carboxylic acids is 3. The van der Waals surface area contributed by atoms with Crippen LogP contribution >= 0.6 is 11.8 Å². The first kappa shape index (κ1) is 17.2. The molecule has 25 heavy (non-hydrogen) atoms. The quantitative estimate of drug-likeness (QED) is 0.725. The number of benzene rings is 2. The van der Waals surface area contributed by atoms with Crippen molar-refractivity contribution in [3.63, 3.8) is 0 Å². The van der Waals surface area contributed by atoms with E-state index in [1.54, 1.807) is 42.5 Å². The molecule has 2 aromatic carbocycles. The second-order valence-electron chi connectivity index (χ2n) is 5.73. The molecule has 0 fully saturated rings. The number of amides is 1. The van der Waals surface area contributed by atoms with Crippen molar-refractivity contribution in [1.82, 2.24) is 5.32 Å².